The molecule has 3 rings (SSSR count). The van der Waals surface area contributed by atoms with E-state index in [1.54, 1.807) is 19.4 Å². The van der Waals surface area contributed by atoms with Gasteiger partial charge in [0.25, 0.3) is 5.91 Å². The van der Waals surface area contributed by atoms with Gasteiger partial charge in [0.1, 0.15) is 6.61 Å². The Balaban J connectivity index is 1.62. The molecule has 0 bridgehead atoms. The predicted molar refractivity (Wildman–Crippen MR) is 116 cm³/mol. The summed E-state index contributed by atoms with van der Waals surface area (Å²) in [6, 6.07) is 17.2. The molecule has 5 nitrogen and oxygen atoms in total. The molecule has 138 valence electrons. The van der Waals surface area contributed by atoms with Crippen molar-refractivity contribution >= 4 is 46.0 Å². The number of thiophene rings is 1. The van der Waals surface area contributed by atoms with Gasteiger partial charge in [0.2, 0.25) is 0 Å². The summed E-state index contributed by atoms with van der Waals surface area (Å²) >= 11 is 3.64. The van der Waals surface area contributed by atoms with Gasteiger partial charge in [-0.1, -0.05) is 18.2 Å². The summed E-state index contributed by atoms with van der Waals surface area (Å²) in [7, 11) is 1.59. The Morgan fingerprint density at radius 1 is 1.19 bits per heavy atom. The predicted octanol–water partition coefficient (Wildman–Crippen LogP) is 4.70. The molecule has 0 radical (unpaired) electrons. The van der Waals surface area contributed by atoms with E-state index >= 15 is 0 Å². The van der Waals surface area contributed by atoms with Crippen LogP contribution in [0.1, 0.15) is 20.8 Å². The number of hydrogen-bond acceptors (Lipinski definition) is 5. The van der Waals surface area contributed by atoms with Crippen LogP contribution in [0.2, 0.25) is 0 Å². The highest BCUT2D eigenvalue weighted by Crippen LogP contribution is 2.28. The third-order valence-electron chi connectivity index (χ3n) is 3.62. The van der Waals surface area contributed by atoms with Crippen LogP contribution < -0.4 is 14.9 Å². The van der Waals surface area contributed by atoms with Crippen molar-refractivity contribution in [3.8, 4) is 11.5 Å². The summed E-state index contributed by atoms with van der Waals surface area (Å²) in [6.45, 7) is 0.456. The number of carbonyl (C=O) groups excluding carboxylic acids is 1. The highest BCUT2D eigenvalue weighted by molar-refractivity contribution is 14.1. The van der Waals surface area contributed by atoms with Gasteiger partial charge >= 0.3 is 0 Å². The van der Waals surface area contributed by atoms with Gasteiger partial charge in [0.15, 0.2) is 11.5 Å². The SMILES string of the molecule is COc1cc(C=NNC(=O)c2cccs2)ccc1OCc1ccc(I)cc1. The van der Waals surface area contributed by atoms with Crippen LogP contribution in [0, 0.1) is 3.57 Å². The molecular weight excluding hydrogens is 475 g/mol. The fraction of sp³-hybridized carbons (Fsp3) is 0.100. The number of halogens is 1. The van der Waals surface area contributed by atoms with Gasteiger partial charge in [-0.3, -0.25) is 4.79 Å². The highest BCUT2D eigenvalue weighted by Gasteiger charge is 2.07. The number of hydrogen-bond donors (Lipinski definition) is 1. The van der Waals surface area contributed by atoms with Crippen LogP contribution in [0.15, 0.2) is 65.1 Å². The van der Waals surface area contributed by atoms with Crippen LogP contribution in [-0.4, -0.2) is 19.2 Å². The van der Waals surface area contributed by atoms with Crippen molar-refractivity contribution in [2.45, 2.75) is 6.61 Å². The maximum absolute atomic E-state index is 11.9. The molecule has 0 saturated heterocycles. The van der Waals surface area contributed by atoms with Crippen molar-refractivity contribution in [3.05, 3.63) is 79.6 Å². The molecule has 0 atom stereocenters. The molecule has 1 N–H and O–H groups in total. The van der Waals surface area contributed by atoms with Crippen LogP contribution in [0.25, 0.3) is 0 Å². The van der Waals surface area contributed by atoms with E-state index < -0.39 is 0 Å². The molecular formula is C20H17IN2O3S. The number of benzene rings is 2. The lowest BCUT2D eigenvalue weighted by molar-refractivity contribution is 0.0959. The molecule has 1 amide bonds. The molecule has 27 heavy (non-hydrogen) atoms. The summed E-state index contributed by atoms with van der Waals surface area (Å²) in [5.74, 6) is 1.02. The number of rotatable bonds is 7. The van der Waals surface area contributed by atoms with E-state index in [1.807, 2.05) is 53.9 Å². The Hall–Kier alpha value is -2.39. The summed E-state index contributed by atoms with van der Waals surface area (Å²) in [6.07, 6.45) is 1.57. The highest BCUT2D eigenvalue weighted by atomic mass is 127. The van der Waals surface area contributed by atoms with Crippen LogP contribution in [-0.2, 0) is 6.61 Å². The Labute approximate surface area is 175 Å². The van der Waals surface area contributed by atoms with Crippen molar-refractivity contribution in [2.75, 3.05) is 7.11 Å². The van der Waals surface area contributed by atoms with Gasteiger partial charge in [-0.2, -0.15) is 5.10 Å². The van der Waals surface area contributed by atoms with Crippen molar-refractivity contribution in [2.24, 2.45) is 5.10 Å². The Kier molecular flexibility index (Phi) is 6.83. The molecule has 0 aliphatic rings. The second kappa shape index (κ2) is 9.52. The lowest BCUT2D eigenvalue weighted by atomic mass is 10.2. The van der Waals surface area contributed by atoms with Gasteiger partial charge in [-0.25, -0.2) is 5.43 Å². The molecule has 1 heterocycles. The first kappa shape index (κ1) is 19.4. The number of nitrogens with one attached hydrogen (secondary N) is 1. The number of amides is 1. The van der Waals surface area contributed by atoms with E-state index in [9.17, 15) is 4.79 Å². The van der Waals surface area contributed by atoms with Crippen molar-refractivity contribution in [1.82, 2.24) is 5.43 Å². The summed E-state index contributed by atoms with van der Waals surface area (Å²) in [4.78, 5) is 12.5. The average molecular weight is 492 g/mol. The van der Waals surface area contributed by atoms with E-state index in [0.29, 0.717) is 23.0 Å². The van der Waals surface area contributed by atoms with Crippen molar-refractivity contribution < 1.29 is 14.3 Å². The molecule has 0 unspecified atom stereocenters. The summed E-state index contributed by atoms with van der Waals surface area (Å²) < 4.78 is 12.5. The third-order valence-corrected chi connectivity index (χ3v) is 5.21. The summed E-state index contributed by atoms with van der Waals surface area (Å²) in [5.41, 5.74) is 4.38. The number of ether oxygens (including phenoxy) is 2. The normalized spacial score (nSPS) is 10.7. The Morgan fingerprint density at radius 3 is 2.70 bits per heavy atom. The molecule has 2 aromatic carbocycles. The maximum atomic E-state index is 11.9. The largest absolute Gasteiger partial charge is 0.493 e. The standard InChI is InChI=1S/C20H17IN2O3S/c1-25-18-11-15(12-22-23-20(24)19-3-2-10-27-19)6-9-17(18)26-13-14-4-7-16(21)8-5-14/h2-12H,13H2,1H3,(H,23,24). The zero-order valence-corrected chi connectivity index (χ0v) is 17.5. The Bertz CT molecular complexity index is 925. The van der Waals surface area contributed by atoms with Crippen molar-refractivity contribution in [3.63, 3.8) is 0 Å². The van der Waals surface area contributed by atoms with E-state index in [1.165, 1.54) is 14.9 Å². The second-order valence-electron chi connectivity index (χ2n) is 5.50. The monoisotopic (exact) mass is 492 g/mol. The number of hydrazone groups is 1. The van der Waals surface area contributed by atoms with Gasteiger partial charge < -0.3 is 9.47 Å². The first-order valence-electron chi connectivity index (χ1n) is 8.08. The van der Waals surface area contributed by atoms with E-state index in [4.69, 9.17) is 9.47 Å². The van der Waals surface area contributed by atoms with Crippen molar-refractivity contribution in [1.29, 1.82) is 0 Å². The smallest absolute Gasteiger partial charge is 0.281 e. The van der Waals surface area contributed by atoms with Gasteiger partial charge in [0, 0.05) is 3.57 Å². The molecule has 1 aromatic heterocycles. The molecule has 0 saturated carbocycles. The van der Waals surface area contributed by atoms with Gasteiger partial charge in [-0.15, -0.1) is 11.3 Å². The fourth-order valence-electron chi connectivity index (χ4n) is 2.25. The second-order valence-corrected chi connectivity index (χ2v) is 7.70. The fourth-order valence-corrected chi connectivity index (χ4v) is 3.23. The molecule has 0 aliphatic heterocycles. The van der Waals surface area contributed by atoms with Crippen LogP contribution in [0.3, 0.4) is 0 Å². The van der Waals surface area contributed by atoms with E-state index in [-0.39, 0.29) is 5.91 Å². The molecule has 0 spiro atoms. The van der Waals surface area contributed by atoms with E-state index in [0.717, 1.165) is 11.1 Å². The number of nitrogens with zero attached hydrogens (tertiary/aromatic N) is 1. The Morgan fingerprint density at radius 2 is 2.00 bits per heavy atom. The zero-order chi connectivity index (χ0) is 19.1. The molecule has 0 aliphatic carbocycles. The number of methoxy groups -OCH3 is 1. The molecule has 7 heteroatoms. The quantitative estimate of drug-likeness (QED) is 0.296. The van der Waals surface area contributed by atoms with Crippen LogP contribution in [0.4, 0.5) is 0 Å². The molecule has 0 fully saturated rings. The first-order chi connectivity index (χ1) is 13.2. The minimum Gasteiger partial charge on any atom is -0.493 e. The minimum atomic E-state index is -0.231. The van der Waals surface area contributed by atoms with Crippen LogP contribution >= 0.6 is 33.9 Å². The first-order valence-corrected chi connectivity index (χ1v) is 10.0. The van der Waals surface area contributed by atoms with Gasteiger partial charge in [-0.05, 0) is 75.5 Å². The lowest BCUT2D eigenvalue weighted by Gasteiger charge is -2.11. The maximum Gasteiger partial charge on any atom is 0.281 e. The number of carbonyl (C=O) groups is 1. The van der Waals surface area contributed by atoms with E-state index in [2.05, 4.69) is 33.1 Å². The minimum absolute atomic E-state index is 0.231. The van der Waals surface area contributed by atoms with Crippen LogP contribution in [0.5, 0.6) is 11.5 Å². The molecule has 3 aromatic rings. The lowest BCUT2D eigenvalue weighted by Crippen LogP contribution is -2.16. The van der Waals surface area contributed by atoms with Gasteiger partial charge in [0.05, 0.1) is 18.2 Å². The topological polar surface area (TPSA) is 59.9 Å². The average Bonchev–Trinajstić information content (AvgIpc) is 3.23. The third kappa shape index (κ3) is 5.54. The summed E-state index contributed by atoms with van der Waals surface area (Å²) in [5, 5.41) is 5.84. The zero-order valence-electron chi connectivity index (χ0n) is 14.5.